The minimum atomic E-state index is 0.0443. The maximum atomic E-state index is 5.88. The number of hydrogen-bond acceptors (Lipinski definition) is 1. The molecule has 1 aromatic heterocycles. The van der Waals surface area contributed by atoms with Crippen LogP contribution in [0.3, 0.4) is 0 Å². The molecule has 0 fully saturated rings. The number of aryl methyl sites for hydroxylation is 1. The molecule has 3 rings (SSSR count). The number of nitrogens with two attached hydrogens (primary N) is 1. The van der Waals surface area contributed by atoms with Crippen LogP contribution < -0.4 is 5.32 Å². The standard InChI is InChI=1S/C23H29NO/c1-16(15-23(4,5)22-14-13-17(2)25-22)24-18(3)20-12-8-10-19-9-6-7-11-21(19)20/h6-14,16,18,24H,15H2,1-5H3/p+1/t16-,18-/m1/s1. The van der Waals surface area contributed by atoms with E-state index in [9.17, 15) is 0 Å². The third kappa shape index (κ3) is 3.96. The monoisotopic (exact) mass is 336 g/mol. The molecule has 0 amide bonds. The molecule has 0 spiro atoms. The lowest BCUT2D eigenvalue weighted by atomic mass is 9.83. The van der Waals surface area contributed by atoms with Crippen LogP contribution in [0, 0.1) is 6.92 Å². The molecule has 0 radical (unpaired) electrons. The van der Waals surface area contributed by atoms with Crippen LogP contribution in [-0.2, 0) is 5.41 Å². The van der Waals surface area contributed by atoms with E-state index in [-0.39, 0.29) is 5.41 Å². The second kappa shape index (κ2) is 7.05. The quantitative estimate of drug-likeness (QED) is 0.665. The first-order valence-electron chi connectivity index (χ1n) is 9.26. The van der Waals surface area contributed by atoms with Crippen LogP contribution in [0.1, 0.15) is 57.2 Å². The van der Waals surface area contributed by atoms with Gasteiger partial charge in [0.15, 0.2) is 0 Å². The Kier molecular flexibility index (Phi) is 5.01. The van der Waals surface area contributed by atoms with Crippen molar-refractivity contribution in [2.75, 3.05) is 0 Å². The van der Waals surface area contributed by atoms with Gasteiger partial charge in [-0.25, -0.2) is 0 Å². The average molecular weight is 336 g/mol. The third-order valence-corrected chi connectivity index (χ3v) is 5.17. The first-order valence-corrected chi connectivity index (χ1v) is 9.26. The van der Waals surface area contributed by atoms with E-state index in [1.807, 2.05) is 6.92 Å². The van der Waals surface area contributed by atoms with Gasteiger partial charge in [0.05, 0.1) is 6.04 Å². The second-order valence-electron chi connectivity index (χ2n) is 8.03. The van der Waals surface area contributed by atoms with Gasteiger partial charge in [0.1, 0.15) is 17.6 Å². The summed E-state index contributed by atoms with van der Waals surface area (Å²) in [7, 11) is 0. The van der Waals surface area contributed by atoms with Crippen molar-refractivity contribution >= 4 is 10.8 Å². The zero-order valence-corrected chi connectivity index (χ0v) is 16.0. The summed E-state index contributed by atoms with van der Waals surface area (Å²) in [4.78, 5) is 0. The maximum Gasteiger partial charge on any atom is 0.109 e. The van der Waals surface area contributed by atoms with Crippen molar-refractivity contribution in [2.24, 2.45) is 0 Å². The topological polar surface area (TPSA) is 29.8 Å². The Morgan fingerprint density at radius 2 is 1.68 bits per heavy atom. The molecular formula is C23H30NO+. The fourth-order valence-corrected chi connectivity index (χ4v) is 4.02. The highest BCUT2D eigenvalue weighted by molar-refractivity contribution is 5.85. The Balaban J connectivity index is 1.73. The van der Waals surface area contributed by atoms with E-state index < -0.39 is 0 Å². The summed E-state index contributed by atoms with van der Waals surface area (Å²) in [5, 5.41) is 5.17. The van der Waals surface area contributed by atoms with Crippen molar-refractivity contribution in [1.82, 2.24) is 0 Å². The molecule has 0 bridgehead atoms. The predicted molar refractivity (Wildman–Crippen MR) is 105 cm³/mol. The van der Waals surface area contributed by atoms with Gasteiger partial charge in [0.25, 0.3) is 0 Å². The molecule has 25 heavy (non-hydrogen) atoms. The molecule has 0 aliphatic heterocycles. The highest BCUT2D eigenvalue weighted by Gasteiger charge is 2.29. The van der Waals surface area contributed by atoms with Gasteiger partial charge >= 0.3 is 0 Å². The maximum absolute atomic E-state index is 5.88. The van der Waals surface area contributed by atoms with E-state index in [0.717, 1.165) is 17.9 Å². The predicted octanol–water partition coefficient (Wildman–Crippen LogP) is 5.12. The lowest BCUT2D eigenvalue weighted by Crippen LogP contribution is -2.90. The van der Waals surface area contributed by atoms with Crippen molar-refractivity contribution in [1.29, 1.82) is 0 Å². The summed E-state index contributed by atoms with van der Waals surface area (Å²) >= 11 is 0. The highest BCUT2D eigenvalue weighted by atomic mass is 16.3. The first-order chi connectivity index (χ1) is 11.9. The summed E-state index contributed by atoms with van der Waals surface area (Å²) < 4.78 is 5.88. The van der Waals surface area contributed by atoms with Gasteiger partial charge in [-0.15, -0.1) is 0 Å². The second-order valence-corrected chi connectivity index (χ2v) is 8.03. The van der Waals surface area contributed by atoms with Crippen LogP contribution in [0.25, 0.3) is 10.8 Å². The molecule has 0 aliphatic carbocycles. The van der Waals surface area contributed by atoms with Crippen LogP contribution in [0.2, 0.25) is 0 Å². The van der Waals surface area contributed by atoms with Gasteiger partial charge in [-0.2, -0.15) is 0 Å². The lowest BCUT2D eigenvalue weighted by Gasteiger charge is -2.27. The Morgan fingerprint density at radius 1 is 0.960 bits per heavy atom. The molecule has 2 atom stereocenters. The molecule has 0 unspecified atom stereocenters. The van der Waals surface area contributed by atoms with Crippen LogP contribution >= 0.6 is 0 Å². The van der Waals surface area contributed by atoms with E-state index in [4.69, 9.17) is 4.42 Å². The van der Waals surface area contributed by atoms with Gasteiger partial charge in [0, 0.05) is 17.4 Å². The fraction of sp³-hybridized carbons (Fsp3) is 0.391. The molecule has 3 aromatic rings. The summed E-state index contributed by atoms with van der Waals surface area (Å²) in [5.74, 6) is 2.08. The molecule has 0 aliphatic rings. The van der Waals surface area contributed by atoms with E-state index in [1.54, 1.807) is 0 Å². The van der Waals surface area contributed by atoms with Crippen molar-refractivity contribution < 1.29 is 9.73 Å². The average Bonchev–Trinajstić information content (AvgIpc) is 3.01. The van der Waals surface area contributed by atoms with Crippen molar-refractivity contribution in [3.05, 3.63) is 71.7 Å². The Morgan fingerprint density at radius 3 is 2.40 bits per heavy atom. The molecule has 2 N–H and O–H groups in total. The Labute approximate surface area is 151 Å². The molecule has 2 aromatic carbocycles. The number of furan rings is 1. The summed E-state index contributed by atoms with van der Waals surface area (Å²) in [6.45, 7) is 11.2. The summed E-state index contributed by atoms with van der Waals surface area (Å²) in [6.07, 6.45) is 1.08. The largest absolute Gasteiger partial charge is 0.466 e. The first kappa shape index (κ1) is 17.8. The molecular weight excluding hydrogens is 306 g/mol. The van der Waals surface area contributed by atoms with Crippen molar-refractivity contribution in [3.8, 4) is 0 Å². The molecule has 2 heteroatoms. The Bertz CT molecular complexity index is 841. The van der Waals surface area contributed by atoms with E-state index in [0.29, 0.717) is 12.1 Å². The van der Waals surface area contributed by atoms with Gasteiger partial charge in [0.2, 0.25) is 0 Å². The minimum Gasteiger partial charge on any atom is -0.466 e. The zero-order valence-electron chi connectivity index (χ0n) is 16.0. The van der Waals surface area contributed by atoms with Gasteiger partial charge < -0.3 is 9.73 Å². The fourth-order valence-electron chi connectivity index (χ4n) is 4.02. The van der Waals surface area contributed by atoms with Crippen LogP contribution in [0.5, 0.6) is 0 Å². The van der Waals surface area contributed by atoms with Gasteiger partial charge in [-0.1, -0.05) is 56.3 Å². The van der Waals surface area contributed by atoms with Crippen molar-refractivity contribution in [3.63, 3.8) is 0 Å². The highest BCUT2D eigenvalue weighted by Crippen LogP contribution is 2.29. The number of quaternary nitrogens is 1. The molecule has 1 heterocycles. The van der Waals surface area contributed by atoms with Gasteiger partial charge in [-0.05, 0) is 43.7 Å². The third-order valence-electron chi connectivity index (χ3n) is 5.17. The summed E-state index contributed by atoms with van der Waals surface area (Å²) in [5.41, 5.74) is 1.46. The zero-order chi connectivity index (χ0) is 18.0. The number of hydrogen-bond donors (Lipinski definition) is 1. The van der Waals surface area contributed by atoms with Gasteiger partial charge in [-0.3, -0.25) is 0 Å². The molecule has 0 saturated carbocycles. The molecule has 2 nitrogen and oxygen atoms in total. The van der Waals surface area contributed by atoms with Crippen LogP contribution in [-0.4, -0.2) is 6.04 Å². The van der Waals surface area contributed by atoms with Crippen molar-refractivity contribution in [2.45, 2.75) is 58.5 Å². The van der Waals surface area contributed by atoms with E-state index in [2.05, 4.69) is 87.6 Å². The van der Waals surface area contributed by atoms with E-state index >= 15 is 0 Å². The lowest BCUT2D eigenvalue weighted by molar-refractivity contribution is -0.723. The molecule has 132 valence electrons. The number of fused-ring (bicyclic) bond motifs is 1. The minimum absolute atomic E-state index is 0.0443. The normalized spacial score (nSPS) is 14.6. The smallest absolute Gasteiger partial charge is 0.109 e. The van der Waals surface area contributed by atoms with Crippen LogP contribution in [0.15, 0.2) is 59.0 Å². The van der Waals surface area contributed by atoms with Crippen LogP contribution in [0.4, 0.5) is 0 Å². The number of rotatable bonds is 6. The Hall–Kier alpha value is -2.06. The summed E-state index contributed by atoms with van der Waals surface area (Å²) in [6, 6.07) is 20.4. The van der Waals surface area contributed by atoms with E-state index in [1.165, 1.54) is 16.3 Å². The number of benzene rings is 2. The molecule has 0 saturated heterocycles. The SMILES string of the molecule is Cc1ccc(C(C)(C)C[C@@H](C)[NH2+][C@H](C)c2cccc3ccccc23)o1.